The summed E-state index contributed by atoms with van der Waals surface area (Å²) in [4.78, 5) is 16.9. The summed E-state index contributed by atoms with van der Waals surface area (Å²) in [5, 5.41) is 13.8. The molecule has 1 saturated heterocycles. The summed E-state index contributed by atoms with van der Waals surface area (Å²) in [6.07, 6.45) is 16.2. The second-order valence-electron chi connectivity index (χ2n) is 19.7. The van der Waals surface area contributed by atoms with Crippen molar-refractivity contribution in [1.29, 1.82) is 0 Å². The van der Waals surface area contributed by atoms with Gasteiger partial charge < -0.3 is 10.4 Å². The summed E-state index contributed by atoms with van der Waals surface area (Å²) < 4.78 is 0. The van der Waals surface area contributed by atoms with Gasteiger partial charge in [0.05, 0.1) is 5.56 Å². The van der Waals surface area contributed by atoms with E-state index in [-0.39, 0.29) is 11.0 Å². The number of nitrogens with zero attached hydrogens (tertiary/aromatic N) is 2. The summed E-state index contributed by atoms with van der Waals surface area (Å²) in [6.45, 7) is 27.4. The number of nitrogens with one attached hydrogen (secondary N) is 1. The summed E-state index contributed by atoms with van der Waals surface area (Å²) in [6, 6.07) is 7.68. The summed E-state index contributed by atoms with van der Waals surface area (Å²) in [5.41, 5.74) is 4.82. The number of hydrogen-bond acceptors (Lipinski definition) is 4. The predicted molar refractivity (Wildman–Crippen MR) is 198 cm³/mol. The topological polar surface area (TPSA) is 55.8 Å². The number of hydrogen-bond donors (Lipinski definition) is 2. The van der Waals surface area contributed by atoms with Crippen molar-refractivity contribution in [3.63, 3.8) is 0 Å². The van der Waals surface area contributed by atoms with E-state index in [2.05, 4.69) is 88.7 Å². The highest BCUT2D eigenvalue weighted by atomic mass is 16.4. The number of carboxylic acids is 1. The number of allylic oxidation sites excluding steroid dienone is 2. The van der Waals surface area contributed by atoms with Crippen LogP contribution >= 0.6 is 0 Å². The highest BCUT2D eigenvalue weighted by Crippen LogP contribution is 2.76. The van der Waals surface area contributed by atoms with Gasteiger partial charge in [-0.3, -0.25) is 9.80 Å². The number of fused-ring (bicyclic) bond motifs is 7. The largest absolute Gasteiger partial charge is 0.478 e. The zero-order chi connectivity index (χ0) is 34.3. The molecule has 0 bridgehead atoms. The van der Waals surface area contributed by atoms with Crippen molar-refractivity contribution in [3.05, 3.63) is 41.5 Å². The molecule has 6 aliphatic rings. The summed E-state index contributed by atoms with van der Waals surface area (Å²) >= 11 is 0. The molecule has 5 heteroatoms. The standard InChI is InChI=1S/C43H67N3O2/c1-38(2,3)46-28-26-45(27-29-46)25-24-44-43-19-9-10-34(43)33-15-16-36-40(6)20-17-32(30-11-13-31(14-12-30)37(47)48)39(4,5)35(40)18-21-42(36,8)41(33,7)22-23-43/h11-14,17,33-36,44H,9-10,15-16,18-29H2,1-8H3,(H,47,48)/t33-,34?,35?,36?,40+,41-,42-,43+/m1/s1. The molecular weight excluding hydrogens is 590 g/mol. The molecule has 8 atom stereocenters. The molecule has 1 heterocycles. The minimum absolute atomic E-state index is 0.0628. The third-order valence-corrected chi connectivity index (χ3v) is 16.6. The Balaban J connectivity index is 1.07. The Hall–Kier alpha value is -1.69. The minimum Gasteiger partial charge on any atom is -0.478 e. The molecule has 3 unspecified atom stereocenters. The van der Waals surface area contributed by atoms with Crippen LogP contribution in [0.5, 0.6) is 0 Å². The van der Waals surface area contributed by atoms with Crippen LogP contribution in [0.4, 0.5) is 0 Å². The first-order chi connectivity index (χ1) is 22.6. The highest BCUT2D eigenvalue weighted by Gasteiger charge is 2.69. The number of carboxylic acid groups (broad SMARTS) is 1. The molecule has 7 rings (SSSR count). The molecule has 0 radical (unpaired) electrons. The molecule has 0 aromatic heterocycles. The smallest absolute Gasteiger partial charge is 0.335 e. The van der Waals surface area contributed by atoms with Crippen molar-refractivity contribution in [3.8, 4) is 0 Å². The predicted octanol–water partition coefficient (Wildman–Crippen LogP) is 8.99. The lowest BCUT2D eigenvalue weighted by molar-refractivity contribution is -0.217. The first kappa shape index (κ1) is 34.7. The normalized spacial score (nSPS) is 41.5. The van der Waals surface area contributed by atoms with Crippen LogP contribution in [0.3, 0.4) is 0 Å². The van der Waals surface area contributed by atoms with E-state index in [0.29, 0.717) is 33.3 Å². The Bertz CT molecular complexity index is 1400. The zero-order valence-electron chi connectivity index (χ0n) is 31.8. The van der Waals surface area contributed by atoms with Gasteiger partial charge in [-0.05, 0) is 147 Å². The Kier molecular flexibility index (Phi) is 8.64. The van der Waals surface area contributed by atoms with Crippen molar-refractivity contribution >= 4 is 11.5 Å². The Morgan fingerprint density at radius 2 is 1.54 bits per heavy atom. The van der Waals surface area contributed by atoms with Crippen molar-refractivity contribution in [2.24, 2.45) is 45.3 Å². The first-order valence-corrected chi connectivity index (χ1v) is 19.8. The fourth-order valence-electron chi connectivity index (χ4n) is 13.9. The van der Waals surface area contributed by atoms with Crippen LogP contribution in [-0.4, -0.2) is 71.2 Å². The average Bonchev–Trinajstić information content (AvgIpc) is 3.45. The molecule has 5 nitrogen and oxygen atoms in total. The fourth-order valence-corrected chi connectivity index (χ4v) is 13.9. The van der Waals surface area contributed by atoms with Gasteiger partial charge in [0, 0.05) is 50.3 Å². The van der Waals surface area contributed by atoms with E-state index in [0.717, 1.165) is 30.7 Å². The average molecular weight is 658 g/mol. The van der Waals surface area contributed by atoms with E-state index in [9.17, 15) is 9.90 Å². The van der Waals surface area contributed by atoms with Crippen molar-refractivity contribution < 1.29 is 9.90 Å². The maximum atomic E-state index is 11.5. The van der Waals surface area contributed by atoms with Gasteiger partial charge in [-0.1, -0.05) is 59.2 Å². The monoisotopic (exact) mass is 658 g/mol. The molecule has 0 amide bonds. The van der Waals surface area contributed by atoms with Gasteiger partial charge in [0.2, 0.25) is 0 Å². The zero-order valence-corrected chi connectivity index (χ0v) is 31.8. The molecule has 0 spiro atoms. The molecule has 1 aromatic carbocycles. The van der Waals surface area contributed by atoms with E-state index in [4.69, 9.17) is 0 Å². The molecule has 1 aliphatic heterocycles. The van der Waals surface area contributed by atoms with Crippen molar-refractivity contribution in [2.45, 2.75) is 131 Å². The van der Waals surface area contributed by atoms with Gasteiger partial charge in [-0.15, -0.1) is 0 Å². The third kappa shape index (κ3) is 5.29. The van der Waals surface area contributed by atoms with Crippen LogP contribution in [0.25, 0.3) is 5.57 Å². The summed E-state index contributed by atoms with van der Waals surface area (Å²) in [7, 11) is 0. The quantitative estimate of drug-likeness (QED) is 0.320. The maximum Gasteiger partial charge on any atom is 0.335 e. The SMILES string of the molecule is CC1(C)C(c2ccc(C(=O)O)cc2)=CC[C@@]2(C)C1CC[C@]1(C)C2CC[C@@H]2C3CCC[C@]3(NCCN3CCN(C(C)(C)C)CC3)CC[C@]21C. The van der Waals surface area contributed by atoms with Gasteiger partial charge in [-0.2, -0.15) is 0 Å². The Labute approximate surface area is 292 Å². The maximum absolute atomic E-state index is 11.5. The second kappa shape index (κ2) is 11.9. The molecule has 48 heavy (non-hydrogen) atoms. The number of piperazine rings is 1. The van der Waals surface area contributed by atoms with E-state index >= 15 is 0 Å². The molecule has 4 saturated carbocycles. The van der Waals surface area contributed by atoms with Crippen molar-refractivity contribution in [2.75, 3.05) is 39.3 Å². The molecule has 2 N–H and O–H groups in total. The Morgan fingerprint density at radius 1 is 0.833 bits per heavy atom. The van der Waals surface area contributed by atoms with Crippen LogP contribution in [0.2, 0.25) is 0 Å². The minimum atomic E-state index is -0.847. The van der Waals surface area contributed by atoms with Crippen LogP contribution < -0.4 is 5.32 Å². The molecular formula is C43H67N3O2. The molecule has 1 aromatic rings. The molecule has 5 fully saturated rings. The van der Waals surface area contributed by atoms with Gasteiger partial charge in [0.15, 0.2) is 0 Å². The fraction of sp³-hybridized carbons (Fsp3) is 0.791. The molecule has 5 aliphatic carbocycles. The van der Waals surface area contributed by atoms with Crippen molar-refractivity contribution in [1.82, 2.24) is 15.1 Å². The lowest BCUT2D eigenvalue weighted by Crippen LogP contribution is -2.67. The number of aromatic carboxylic acids is 1. The second-order valence-corrected chi connectivity index (χ2v) is 19.7. The van der Waals surface area contributed by atoms with E-state index in [1.165, 1.54) is 102 Å². The van der Waals surface area contributed by atoms with E-state index in [1.54, 1.807) is 12.1 Å². The van der Waals surface area contributed by atoms with Crippen LogP contribution in [0.15, 0.2) is 30.3 Å². The van der Waals surface area contributed by atoms with Gasteiger partial charge in [0.25, 0.3) is 0 Å². The van der Waals surface area contributed by atoms with E-state index in [1.807, 2.05) is 0 Å². The first-order valence-electron chi connectivity index (χ1n) is 19.8. The number of carbonyl (C=O) groups is 1. The van der Waals surface area contributed by atoms with Crippen LogP contribution in [0, 0.1) is 45.3 Å². The lowest BCUT2D eigenvalue weighted by Gasteiger charge is -2.72. The third-order valence-electron chi connectivity index (χ3n) is 16.6. The highest BCUT2D eigenvalue weighted by molar-refractivity contribution is 5.88. The molecule has 266 valence electrons. The van der Waals surface area contributed by atoms with Gasteiger partial charge in [-0.25, -0.2) is 4.79 Å². The van der Waals surface area contributed by atoms with Crippen LogP contribution in [0.1, 0.15) is 136 Å². The van der Waals surface area contributed by atoms with E-state index < -0.39 is 5.97 Å². The lowest BCUT2D eigenvalue weighted by atomic mass is 9.33. The number of rotatable bonds is 6. The summed E-state index contributed by atoms with van der Waals surface area (Å²) in [5.74, 6) is 2.22. The number of benzene rings is 1. The van der Waals surface area contributed by atoms with Gasteiger partial charge in [0.1, 0.15) is 0 Å². The van der Waals surface area contributed by atoms with Gasteiger partial charge >= 0.3 is 5.97 Å². The Morgan fingerprint density at radius 3 is 2.21 bits per heavy atom. The van der Waals surface area contributed by atoms with Crippen LogP contribution in [-0.2, 0) is 0 Å².